The molecule has 3 N–H and O–H groups in total. The summed E-state index contributed by atoms with van der Waals surface area (Å²) >= 11 is 0. The number of hydrazine groups is 1. The highest BCUT2D eigenvalue weighted by Gasteiger charge is 2.51. The highest BCUT2D eigenvalue weighted by molar-refractivity contribution is 5.82. The van der Waals surface area contributed by atoms with Crippen molar-refractivity contribution in [2.24, 2.45) is 11.3 Å². The van der Waals surface area contributed by atoms with Crippen molar-refractivity contribution in [3.05, 3.63) is 35.6 Å². The van der Waals surface area contributed by atoms with Crippen molar-refractivity contribution in [1.29, 1.82) is 0 Å². The summed E-state index contributed by atoms with van der Waals surface area (Å²) in [5.74, 6) is 0.290. The Morgan fingerprint density at radius 1 is 1.33 bits per heavy atom. The fourth-order valence-corrected chi connectivity index (χ4v) is 4.69. The van der Waals surface area contributed by atoms with Crippen LogP contribution in [0.3, 0.4) is 0 Å². The molecule has 2 heterocycles. The predicted molar refractivity (Wildman–Crippen MR) is 87.3 cm³/mol. The predicted octanol–water partition coefficient (Wildman–Crippen LogP) is 1.35. The molecule has 1 aromatic rings. The fourth-order valence-electron chi connectivity index (χ4n) is 4.69. The van der Waals surface area contributed by atoms with Crippen LogP contribution < -0.4 is 10.9 Å². The minimum atomic E-state index is -0.269. The molecule has 2 unspecified atom stereocenters. The number of fused-ring (bicyclic) bond motifs is 1. The lowest BCUT2D eigenvalue weighted by Crippen LogP contribution is -2.45. The third-order valence-electron chi connectivity index (χ3n) is 6.14. The summed E-state index contributed by atoms with van der Waals surface area (Å²) in [6.45, 7) is 1.61. The highest BCUT2D eigenvalue weighted by Crippen LogP contribution is 2.48. The Balaban J connectivity index is 1.40. The summed E-state index contributed by atoms with van der Waals surface area (Å²) in [5.41, 5.74) is 7.15. The molecule has 2 saturated heterocycles. The van der Waals surface area contributed by atoms with Gasteiger partial charge in [0.1, 0.15) is 11.9 Å². The van der Waals surface area contributed by atoms with E-state index in [1.807, 2.05) is 4.90 Å². The average Bonchev–Trinajstić information content (AvgIpc) is 3.28. The van der Waals surface area contributed by atoms with Crippen LogP contribution >= 0.6 is 0 Å². The van der Waals surface area contributed by atoms with Crippen molar-refractivity contribution >= 4 is 5.91 Å². The first-order valence-electron chi connectivity index (χ1n) is 8.77. The maximum absolute atomic E-state index is 13.0. The van der Waals surface area contributed by atoms with Crippen LogP contribution in [0.5, 0.6) is 0 Å². The zero-order valence-corrected chi connectivity index (χ0v) is 13.7. The van der Waals surface area contributed by atoms with Crippen LogP contribution in [0, 0.1) is 17.2 Å². The lowest BCUT2D eigenvalue weighted by atomic mass is 9.82. The van der Waals surface area contributed by atoms with Crippen molar-refractivity contribution in [1.82, 2.24) is 15.8 Å². The van der Waals surface area contributed by atoms with Crippen molar-refractivity contribution < 1.29 is 14.3 Å². The molecule has 1 amide bonds. The first-order chi connectivity index (χ1) is 11.6. The molecule has 4 rings (SSSR count). The Labute approximate surface area is 141 Å². The number of hydrogen-bond acceptors (Lipinski definition) is 4. The summed E-state index contributed by atoms with van der Waals surface area (Å²) in [6, 6.07) is 6.13. The second kappa shape index (κ2) is 6.10. The average molecular weight is 333 g/mol. The molecule has 2 aliphatic heterocycles. The fraction of sp³-hybridized carbons (Fsp3) is 0.611. The number of rotatable bonds is 3. The Morgan fingerprint density at radius 3 is 2.83 bits per heavy atom. The number of likely N-dealkylation sites (tertiary alicyclic amines) is 1. The van der Waals surface area contributed by atoms with Crippen molar-refractivity contribution in [2.45, 2.75) is 37.8 Å². The molecule has 0 spiro atoms. The molecule has 6 heteroatoms. The van der Waals surface area contributed by atoms with Crippen molar-refractivity contribution in [3.63, 3.8) is 0 Å². The van der Waals surface area contributed by atoms with Gasteiger partial charge in [0.2, 0.25) is 5.91 Å². The molecule has 5 nitrogen and oxygen atoms in total. The number of amides is 1. The summed E-state index contributed by atoms with van der Waals surface area (Å²) in [6.07, 6.45) is 3.94. The minimum absolute atomic E-state index is 0.00783. The van der Waals surface area contributed by atoms with E-state index in [-0.39, 0.29) is 35.8 Å². The largest absolute Gasteiger partial charge is 0.396 e. The van der Waals surface area contributed by atoms with Gasteiger partial charge in [-0.25, -0.2) is 15.2 Å². The van der Waals surface area contributed by atoms with E-state index < -0.39 is 0 Å². The number of aliphatic hydroxyl groups is 1. The van der Waals surface area contributed by atoms with Gasteiger partial charge < -0.3 is 10.0 Å². The van der Waals surface area contributed by atoms with E-state index in [9.17, 15) is 14.3 Å². The van der Waals surface area contributed by atoms with Crippen LogP contribution in [0.4, 0.5) is 4.39 Å². The Hall–Kier alpha value is -1.50. The van der Waals surface area contributed by atoms with Gasteiger partial charge in [-0.15, -0.1) is 0 Å². The van der Waals surface area contributed by atoms with Crippen LogP contribution in [0.2, 0.25) is 0 Å². The second-order valence-corrected chi connectivity index (χ2v) is 7.51. The van der Waals surface area contributed by atoms with Crippen LogP contribution in [-0.2, 0) is 4.79 Å². The first kappa shape index (κ1) is 16.0. The molecule has 1 aromatic carbocycles. The monoisotopic (exact) mass is 333 g/mol. The summed E-state index contributed by atoms with van der Waals surface area (Å²) < 4.78 is 13.0. The molecule has 130 valence electrons. The van der Waals surface area contributed by atoms with Crippen LogP contribution in [0.25, 0.3) is 0 Å². The van der Waals surface area contributed by atoms with E-state index >= 15 is 0 Å². The molecule has 1 saturated carbocycles. The summed E-state index contributed by atoms with van der Waals surface area (Å²) in [7, 11) is 0. The van der Waals surface area contributed by atoms with Gasteiger partial charge in [0.25, 0.3) is 0 Å². The number of carbonyl (C=O) groups is 1. The van der Waals surface area contributed by atoms with Gasteiger partial charge in [-0.2, -0.15) is 0 Å². The van der Waals surface area contributed by atoms with Gasteiger partial charge in [-0.1, -0.05) is 18.6 Å². The van der Waals surface area contributed by atoms with Gasteiger partial charge in [0.05, 0.1) is 6.61 Å². The molecule has 3 fully saturated rings. The van der Waals surface area contributed by atoms with Gasteiger partial charge >= 0.3 is 0 Å². The highest BCUT2D eigenvalue weighted by atomic mass is 19.1. The molecule has 0 radical (unpaired) electrons. The Bertz CT molecular complexity index is 623. The molecule has 0 bridgehead atoms. The standard InChI is InChI=1S/C18H24FN3O2/c19-14-5-3-12(4-6-14)15-8-16(21-20-15)17(24)22-9-13-2-1-7-18(13,10-22)11-23/h3-6,13,15-16,20-21,23H,1-2,7-11H2/t13-,15?,16?,18+/m0/s1. The van der Waals surface area contributed by atoms with E-state index in [2.05, 4.69) is 10.9 Å². The van der Waals surface area contributed by atoms with Gasteiger partial charge in [0.15, 0.2) is 0 Å². The number of halogens is 1. The lowest BCUT2D eigenvalue weighted by molar-refractivity contribution is -0.132. The zero-order valence-electron chi connectivity index (χ0n) is 13.7. The Kier molecular flexibility index (Phi) is 4.06. The van der Waals surface area contributed by atoms with E-state index in [4.69, 9.17) is 0 Å². The van der Waals surface area contributed by atoms with E-state index in [0.29, 0.717) is 18.9 Å². The van der Waals surface area contributed by atoms with Crippen LogP contribution in [-0.4, -0.2) is 41.7 Å². The second-order valence-electron chi connectivity index (χ2n) is 7.51. The SMILES string of the molecule is O=C(C1CC(c2ccc(F)cc2)NN1)N1C[C@@H]2CCC[C@]2(CO)C1. The van der Waals surface area contributed by atoms with E-state index in [1.165, 1.54) is 12.1 Å². The number of carbonyl (C=O) groups excluding carboxylic acids is 1. The maximum atomic E-state index is 13.0. The number of benzene rings is 1. The van der Waals surface area contributed by atoms with Crippen molar-refractivity contribution in [3.8, 4) is 0 Å². The number of nitrogens with zero attached hydrogens (tertiary/aromatic N) is 1. The lowest BCUT2D eigenvalue weighted by Gasteiger charge is -2.26. The molecule has 24 heavy (non-hydrogen) atoms. The molecule has 4 atom stereocenters. The third kappa shape index (κ3) is 2.62. The number of hydrogen-bond donors (Lipinski definition) is 3. The zero-order chi connectivity index (χ0) is 16.7. The third-order valence-corrected chi connectivity index (χ3v) is 6.14. The molecular formula is C18H24FN3O2. The van der Waals surface area contributed by atoms with Gasteiger partial charge in [-0.3, -0.25) is 4.79 Å². The first-order valence-corrected chi connectivity index (χ1v) is 8.77. The minimum Gasteiger partial charge on any atom is -0.396 e. The summed E-state index contributed by atoms with van der Waals surface area (Å²) in [4.78, 5) is 14.8. The topological polar surface area (TPSA) is 64.6 Å². The Morgan fingerprint density at radius 2 is 2.12 bits per heavy atom. The number of nitrogens with one attached hydrogen (secondary N) is 2. The van der Waals surface area contributed by atoms with E-state index in [1.54, 1.807) is 12.1 Å². The smallest absolute Gasteiger partial charge is 0.241 e. The molecule has 1 aliphatic carbocycles. The molecular weight excluding hydrogens is 309 g/mol. The molecule has 0 aromatic heterocycles. The molecule has 3 aliphatic rings. The quantitative estimate of drug-likeness (QED) is 0.781. The van der Waals surface area contributed by atoms with Gasteiger partial charge in [-0.05, 0) is 42.9 Å². The van der Waals surface area contributed by atoms with E-state index in [0.717, 1.165) is 31.4 Å². The maximum Gasteiger partial charge on any atom is 0.241 e. The van der Waals surface area contributed by atoms with Gasteiger partial charge in [0, 0.05) is 24.5 Å². The van der Waals surface area contributed by atoms with Crippen LogP contribution in [0.15, 0.2) is 24.3 Å². The number of aliphatic hydroxyl groups excluding tert-OH is 1. The summed E-state index contributed by atoms with van der Waals surface area (Å²) in [5, 5.41) is 9.81. The normalized spacial score (nSPS) is 35.4. The van der Waals surface area contributed by atoms with Crippen LogP contribution in [0.1, 0.15) is 37.3 Å². The van der Waals surface area contributed by atoms with Crippen molar-refractivity contribution in [2.75, 3.05) is 19.7 Å².